The molecular formula is C20H17FN2O4. The molecule has 3 rings (SSSR count). The van der Waals surface area contributed by atoms with Crippen molar-refractivity contribution in [1.82, 2.24) is 5.16 Å². The van der Waals surface area contributed by atoms with Crippen molar-refractivity contribution in [3.8, 4) is 11.3 Å². The van der Waals surface area contributed by atoms with Crippen LogP contribution in [0.4, 0.5) is 10.1 Å². The van der Waals surface area contributed by atoms with Crippen LogP contribution in [0, 0.1) is 5.82 Å². The van der Waals surface area contributed by atoms with E-state index in [1.165, 1.54) is 12.1 Å². The Kier molecular flexibility index (Phi) is 5.61. The van der Waals surface area contributed by atoms with Crippen molar-refractivity contribution in [2.75, 3.05) is 11.9 Å². The van der Waals surface area contributed by atoms with Crippen molar-refractivity contribution >= 4 is 17.6 Å². The third-order valence-corrected chi connectivity index (χ3v) is 3.71. The zero-order valence-corrected chi connectivity index (χ0v) is 14.6. The summed E-state index contributed by atoms with van der Waals surface area (Å²) in [5, 5.41) is 6.59. The van der Waals surface area contributed by atoms with Crippen LogP contribution in [0.15, 0.2) is 59.1 Å². The van der Waals surface area contributed by atoms with Gasteiger partial charge in [0.15, 0.2) is 5.76 Å². The van der Waals surface area contributed by atoms with Gasteiger partial charge >= 0.3 is 5.97 Å². The Hall–Kier alpha value is -3.48. The average Bonchev–Trinajstić information content (AvgIpc) is 3.11. The highest BCUT2D eigenvalue weighted by Gasteiger charge is 2.12. The van der Waals surface area contributed by atoms with Crippen LogP contribution in [-0.2, 0) is 16.0 Å². The van der Waals surface area contributed by atoms with E-state index in [0.717, 1.165) is 0 Å². The molecular weight excluding hydrogens is 351 g/mol. The number of hydrogen-bond acceptors (Lipinski definition) is 5. The molecule has 2 aromatic carbocycles. The molecule has 0 aliphatic rings. The number of nitrogens with one attached hydrogen (secondary N) is 1. The normalized spacial score (nSPS) is 10.4. The molecule has 0 spiro atoms. The zero-order valence-electron chi connectivity index (χ0n) is 14.6. The number of carbonyl (C=O) groups excluding carboxylic acids is 2. The molecule has 6 nitrogen and oxygen atoms in total. The molecule has 138 valence electrons. The Morgan fingerprint density at radius 3 is 2.48 bits per heavy atom. The van der Waals surface area contributed by atoms with Gasteiger partial charge in [-0.2, -0.15) is 0 Å². The average molecular weight is 368 g/mol. The fourth-order valence-corrected chi connectivity index (χ4v) is 2.42. The summed E-state index contributed by atoms with van der Waals surface area (Å²) in [6.07, 6.45) is 0.0182. The van der Waals surface area contributed by atoms with Gasteiger partial charge in [0.1, 0.15) is 5.82 Å². The number of halogens is 1. The number of carbonyl (C=O) groups is 2. The predicted molar refractivity (Wildman–Crippen MR) is 96.6 cm³/mol. The van der Waals surface area contributed by atoms with E-state index in [1.807, 2.05) is 0 Å². The predicted octanol–water partition coefficient (Wildman–Crippen LogP) is 3.84. The summed E-state index contributed by atoms with van der Waals surface area (Å²) in [6.45, 7) is 2.03. The first kappa shape index (κ1) is 18.3. The van der Waals surface area contributed by atoms with Crippen molar-refractivity contribution < 1.29 is 23.2 Å². The van der Waals surface area contributed by atoms with Crippen molar-refractivity contribution in [1.29, 1.82) is 0 Å². The van der Waals surface area contributed by atoms with Gasteiger partial charge in [-0.25, -0.2) is 9.18 Å². The fourth-order valence-electron chi connectivity index (χ4n) is 2.42. The van der Waals surface area contributed by atoms with Gasteiger partial charge in [-0.1, -0.05) is 5.16 Å². The fraction of sp³-hybridized carbons (Fsp3) is 0.150. The summed E-state index contributed by atoms with van der Waals surface area (Å²) < 4.78 is 23.1. The number of anilines is 1. The van der Waals surface area contributed by atoms with Gasteiger partial charge in [-0.3, -0.25) is 4.79 Å². The molecule has 1 heterocycles. The standard InChI is InChI=1S/C20H17FN2O4/c1-2-26-20(25)14-5-9-16(10-6-14)22-19(24)12-17-11-18(27-23-17)13-3-7-15(21)8-4-13/h3-11H,2,12H2,1H3,(H,22,24). The van der Waals surface area contributed by atoms with E-state index >= 15 is 0 Å². The molecule has 1 amide bonds. The number of aromatic nitrogens is 1. The molecule has 0 saturated carbocycles. The minimum absolute atomic E-state index is 0.0182. The minimum atomic E-state index is -0.411. The highest BCUT2D eigenvalue weighted by Crippen LogP contribution is 2.21. The Labute approximate surface area is 154 Å². The number of hydrogen-bond donors (Lipinski definition) is 1. The third kappa shape index (κ3) is 4.78. The highest BCUT2D eigenvalue weighted by molar-refractivity contribution is 5.93. The first-order chi connectivity index (χ1) is 13.0. The van der Waals surface area contributed by atoms with Crippen molar-refractivity contribution in [2.45, 2.75) is 13.3 Å². The number of esters is 1. The SMILES string of the molecule is CCOC(=O)c1ccc(NC(=O)Cc2cc(-c3ccc(F)cc3)on2)cc1. The van der Waals surface area contributed by atoms with Gasteiger partial charge in [0.2, 0.25) is 5.91 Å². The molecule has 0 saturated heterocycles. The van der Waals surface area contributed by atoms with E-state index in [1.54, 1.807) is 49.4 Å². The molecule has 1 aromatic heterocycles. The van der Waals surface area contributed by atoms with Gasteiger partial charge in [0, 0.05) is 17.3 Å². The Balaban J connectivity index is 1.59. The smallest absolute Gasteiger partial charge is 0.338 e. The van der Waals surface area contributed by atoms with Crippen LogP contribution in [0.3, 0.4) is 0 Å². The van der Waals surface area contributed by atoms with Crippen LogP contribution < -0.4 is 5.32 Å². The van der Waals surface area contributed by atoms with E-state index in [2.05, 4.69) is 10.5 Å². The molecule has 0 atom stereocenters. The van der Waals surface area contributed by atoms with Crippen molar-refractivity contribution in [2.24, 2.45) is 0 Å². The molecule has 3 aromatic rings. The molecule has 7 heteroatoms. The van der Waals surface area contributed by atoms with Crippen molar-refractivity contribution in [3.05, 3.63) is 71.7 Å². The lowest BCUT2D eigenvalue weighted by molar-refractivity contribution is -0.115. The number of benzene rings is 2. The van der Waals surface area contributed by atoms with E-state index in [-0.39, 0.29) is 18.1 Å². The maximum Gasteiger partial charge on any atom is 0.338 e. The lowest BCUT2D eigenvalue weighted by Crippen LogP contribution is -2.14. The summed E-state index contributed by atoms with van der Waals surface area (Å²) in [6, 6.07) is 13.8. The van der Waals surface area contributed by atoms with E-state index in [4.69, 9.17) is 9.26 Å². The largest absolute Gasteiger partial charge is 0.462 e. The quantitative estimate of drug-likeness (QED) is 0.669. The van der Waals surface area contributed by atoms with Gasteiger partial charge in [0.25, 0.3) is 0 Å². The van der Waals surface area contributed by atoms with Crippen molar-refractivity contribution in [3.63, 3.8) is 0 Å². The Morgan fingerprint density at radius 1 is 1.11 bits per heavy atom. The van der Waals surface area contributed by atoms with Crippen LogP contribution in [0.5, 0.6) is 0 Å². The van der Waals surface area contributed by atoms with Crippen LogP contribution in [-0.4, -0.2) is 23.6 Å². The van der Waals surface area contributed by atoms with Gasteiger partial charge in [0.05, 0.1) is 24.3 Å². The third-order valence-electron chi connectivity index (χ3n) is 3.71. The number of amides is 1. The molecule has 0 radical (unpaired) electrons. The molecule has 0 aliphatic carbocycles. The lowest BCUT2D eigenvalue weighted by Gasteiger charge is -2.05. The molecule has 1 N–H and O–H groups in total. The molecule has 0 fully saturated rings. The van der Waals surface area contributed by atoms with Crippen LogP contribution in [0.1, 0.15) is 23.0 Å². The Bertz CT molecular complexity index is 933. The summed E-state index contributed by atoms with van der Waals surface area (Å²) in [5.41, 5.74) is 2.09. The number of ether oxygens (including phenoxy) is 1. The second-order valence-electron chi connectivity index (χ2n) is 5.71. The maximum absolute atomic E-state index is 13.0. The first-order valence-corrected chi connectivity index (χ1v) is 8.33. The van der Waals surface area contributed by atoms with Gasteiger partial charge in [-0.15, -0.1) is 0 Å². The van der Waals surface area contributed by atoms with E-state index < -0.39 is 5.97 Å². The summed E-state index contributed by atoms with van der Waals surface area (Å²) >= 11 is 0. The molecule has 27 heavy (non-hydrogen) atoms. The highest BCUT2D eigenvalue weighted by atomic mass is 19.1. The Morgan fingerprint density at radius 2 is 1.81 bits per heavy atom. The summed E-state index contributed by atoms with van der Waals surface area (Å²) in [7, 11) is 0. The zero-order chi connectivity index (χ0) is 19.2. The number of nitrogens with zero attached hydrogens (tertiary/aromatic N) is 1. The molecule has 0 bridgehead atoms. The second kappa shape index (κ2) is 8.27. The first-order valence-electron chi connectivity index (χ1n) is 8.33. The van der Waals surface area contributed by atoms with Crippen LogP contribution in [0.2, 0.25) is 0 Å². The lowest BCUT2D eigenvalue weighted by atomic mass is 10.1. The van der Waals surface area contributed by atoms with Crippen LogP contribution in [0.25, 0.3) is 11.3 Å². The summed E-state index contributed by atoms with van der Waals surface area (Å²) in [5.74, 6) is -0.576. The molecule has 0 aliphatic heterocycles. The molecule has 0 unspecified atom stereocenters. The van der Waals surface area contributed by atoms with Gasteiger partial charge < -0.3 is 14.6 Å². The monoisotopic (exact) mass is 368 g/mol. The summed E-state index contributed by atoms with van der Waals surface area (Å²) in [4.78, 5) is 23.8. The van der Waals surface area contributed by atoms with E-state index in [0.29, 0.717) is 34.9 Å². The van der Waals surface area contributed by atoms with E-state index in [9.17, 15) is 14.0 Å². The van der Waals surface area contributed by atoms with Crippen LogP contribution >= 0.6 is 0 Å². The second-order valence-corrected chi connectivity index (χ2v) is 5.71. The van der Waals surface area contributed by atoms with Gasteiger partial charge in [-0.05, 0) is 55.5 Å². The number of rotatable bonds is 6. The minimum Gasteiger partial charge on any atom is -0.462 e. The maximum atomic E-state index is 13.0. The topological polar surface area (TPSA) is 81.4 Å².